The molecule has 1 aromatic heterocycles. The Hall–Kier alpha value is -2.78. The molecule has 4 rings (SSSR count). The van der Waals surface area contributed by atoms with Gasteiger partial charge in [0.25, 0.3) is 0 Å². The molecule has 3 heteroatoms. The molecular weight excluding hydrogens is 408 g/mol. The van der Waals surface area contributed by atoms with Crippen molar-refractivity contribution in [1.82, 2.24) is 4.98 Å². The first kappa shape index (κ1) is 20.0. The van der Waals surface area contributed by atoms with Crippen LogP contribution in [0.5, 0.6) is 0 Å². The summed E-state index contributed by atoms with van der Waals surface area (Å²) in [6, 6.07) is 27.8. The molecule has 1 heterocycles. The van der Waals surface area contributed by atoms with E-state index < -0.39 is 0 Å². The lowest BCUT2D eigenvalue weighted by Gasteiger charge is -2.10. The van der Waals surface area contributed by atoms with Gasteiger partial charge < -0.3 is 17.0 Å². The number of hydrogen-bond donors (Lipinski definition) is 0. The average Bonchev–Trinajstić information content (AvgIpc) is 2.70. The maximum absolute atomic E-state index is 4.76. The summed E-state index contributed by atoms with van der Waals surface area (Å²) < 4.78 is 2.29. The summed E-state index contributed by atoms with van der Waals surface area (Å²) in [7, 11) is 0. The van der Waals surface area contributed by atoms with Crippen molar-refractivity contribution in [1.29, 1.82) is 0 Å². The maximum Gasteiger partial charge on any atom is 0.239 e. The van der Waals surface area contributed by atoms with E-state index in [1.54, 1.807) is 0 Å². The molecule has 0 saturated carbocycles. The minimum atomic E-state index is 0. The van der Waals surface area contributed by atoms with Crippen molar-refractivity contribution in [2.45, 2.75) is 20.4 Å². The molecular formula is C25H23BrN2. The number of rotatable bonds is 4. The van der Waals surface area contributed by atoms with Crippen molar-refractivity contribution < 1.29 is 21.5 Å². The standard InChI is InChI=1S/C25H23N2.BrH/c1-19-8-12-22(13-9-19)24-25(23-14-10-20(2)11-15-23)27(17-16-26-24)18-21-6-4-3-5-7-21;/h3-17H,18H2,1-2H3;1H/q+1;/p-1. The summed E-state index contributed by atoms with van der Waals surface area (Å²) in [6.45, 7) is 5.04. The monoisotopic (exact) mass is 430 g/mol. The molecule has 0 aliphatic carbocycles. The zero-order valence-corrected chi connectivity index (χ0v) is 17.7. The highest BCUT2D eigenvalue weighted by atomic mass is 79.9. The Balaban J connectivity index is 0.00000225. The number of aromatic nitrogens is 2. The Morgan fingerprint density at radius 2 is 1.29 bits per heavy atom. The van der Waals surface area contributed by atoms with Crippen molar-refractivity contribution in [3.05, 3.63) is 108 Å². The first-order valence-electron chi connectivity index (χ1n) is 9.27. The van der Waals surface area contributed by atoms with Crippen LogP contribution in [0, 0.1) is 13.8 Å². The van der Waals surface area contributed by atoms with Crippen molar-refractivity contribution in [3.63, 3.8) is 0 Å². The van der Waals surface area contributed by atoms with E-state index >= 15 is 0 Å². The fourth-order valence-corrected chi connectivity index (χ4v) is 3.31. The number of benzene rings is 3. The van der Waals surface area contributed by atoms with Crippen molar-refractivity contribution in [3.8, 4) is 22.5 Å². The first-order chi connectivity index (χ1) is 13.2. The average molecular weight is 431 g/mol. The third kappa shape index (κ3) is 4.37. The van der Waals surface area contributed by atoms with E-state index in [1.165, 1.54) is 22.3 Å². The SMILES string of the molecule is Cc1ccc(-c2ncc[n+](Cc3ccccc3)c2-c2ccc(C)cc2)cc1.[Br-]. The molecule has 0 radical (unpaired) electrons. The zero-order valence-electron chi connectivity index (χ0n) is 16.1. The van der Waals surface area contributed by atoms with Gasteiger partial charge in [0.1, 0.15) is 5.69 Å². The lowest BCUT2D eigenvalue weighted by Crippen LogP contribution is -3.00. The molecule has 140 valence electrons. The van der Waals surface area contributed by atoms with E-state index in [-0.39, 0.29) is 17.0 Å². The van der Waals surface area contributed by atoms with Gasteiger partial charge in [0.2, 0.25) is 5.69 Å². The molecule has 28 heavy (non-hydrogen) atoms. The molecule has 0 bridgehead atoms. The Morgan fingerprint density at radius 3 is 1.89 bits per heavy atom. The lowest BCUT2D eigenvalue weighted by atomic mass is 10.0. The second kappa shape index (κ2) is 8.94. The molecule has 0 unspecified atom stereocenters. The van der Waals surface area contributed by atoms with E-state index in [0.717, 1.165) is 23.5 Å². The molecule has 0 N–H and O–H groups in total. The van der Waals surface area contributed by atoms with Gasteiger partial charge in [0.15, 0.2) is 12.7 Å². The number of aryl methyl sites for hydroxylation is 2. The number of halogens is 1. The van der Waals surface area contributed by atoms with E-state index in [1.807, 2.05) is 6.20 Å². The van der Waals surface area contributed by atoms with Crippen LogP contribution in [0.3, 0.4) is 0 Å². The van der Waals surface area contributed by atoms with Gasteiger partial charge in [-0.05, 0) is 26.0 Å². The van der Waals surface area contributed by atoms with Crippen LogP contribution in [-0.4, -0.2) is 4.98 Å². The normalized spacial score (nSPS) is 10.4. The quantitative estimate of drug-likeness (QED) is 0.454. The highest BCUT2D eigenvalue weighted by Crippen LogP contribution is 2.28. The fourth-order valence-electron chi connectivity index (χ4n) is 3.31. The third-order valence-electron chi connectivity index (χ3n) is 4.81. The van der Waals surface area contributed by atoms with Crippen molar-refractivity contribution in [2.24, 2.45) is 0 Å². The second-order valence-electron chi connectivity index (χ2n) is 6.97. The molecule has 0 aliphatic heterocycles. The van der Waals surface area contributed by atoms with Crippen LogP contribution in [0.25, 0.3) is 22.5 Å². The Morgan fingerprint density at radius 1 is 0.714 bits per heavy atom. The van der Waals surface area contributed by atoms with Gasteiger partial charge in [-0.15, -0.1) is 0 Å². The van der Waals surface area contributed by atoms with Crippen LogP contribution in [-0.2, 0) is 6.54 Å². The largest absolute Gasteiger partial charge is 1.00 e. The summed E-state index contributed by atoms with van der Waals surface area (Å²) in [4.78, 5) is 4.76. The van der Waals surface area contributed by atoms with Crippen LogP contribution in [0.15, 0.2) is 91.3 Å². The third-order valence-corrected chi connectivity index (χ3v) is 4.81. The Bertz CT molecular complexity index is 1040. The summed E-state index contributed by atoms with van der Waals surface area (Å²) >= 11 is 0. The topological polar surface area (TPSA) is 16.8 Å². The molecule has 0 saturated heterocycles. The van der Waals surface area contributed by atoms with Gasteiger partial charge in [0, 0.05) is 16.7 Å². The van der Waals surface area contributed by atoms with Crippen molar-refractivity contribution >= 4 is 0 Å². The van der Waals surface area contributed by atoms with Gasteiger partial charge in [-0.1, -0.05) is 77.9 Å². The summed E-state index contributed by atoms with van der Waals surface area (Å²) in [5.74, 6) is 0. The first-order valence-corrected chi connectivity index (χ1v) is 9.27. The number of nitrogens with zero attached hydrogens (tertiary/aromatic N) is 2. The zero-order chi connectivity index (χ0) is 18.6. The Labute approximate surface area is 177 Å². The van der Waals surface area contributed by atoms with Crippen LogP contribution in [0.1, 0.15) is 16.7 Å². The maximum atomic E-state index is 4.76. The van der Waals surface area contributed by atoms with E-state index in [4.69, 9.17) is 4.98 Å². The summed E-state index contributed by atoms with van der Waals surface area (Å²) in [6.07, 6.45) is 3.97. The molecule has 2 nitrogen and oxygen atoms in total. The minimum Gasteiger partial charge on any atom is -1.00 e. The van der Waals surface area contributed by atoms with Crippen LogP contribution in [0.4, 0.5) is 0 Å². The smallest absolute Gasteiger partial charge is 0.239 e. The Kier molecular flexibility index (Phi) is 6.37. The second-order valence-corrected chi connectivity index (χ2v) is 6.97. The van der Waals surface area contributed by atoms with Crippen LogP contribution < -0.4 is 21.5 Å². The molecule has 4 aromatic rings. The highest BCUT2D eigenvalue weighted by molar-refractivity contribution is 5.75. The molecule has 0 spiro atoms. The summed E-state index contributed by atoms with van der Waals surface area (Å²) in [5.41, 5.74) is 8.26. The predicted molar refractivity (Wildman–Crippen MR) is 110 cm³/mol. The van der Waals surface area contributed by atoms with E-state index in [9.17, 15) is 0 Å². The number of hydrogen-bond acceptors (Lipinski definition) is 1. The van der Waals surface area contributed by atoms with Crippen molar-refractivity contribution in [2.75, 3.05) is 0 Å². The fraction of sp³-hybridized carbons (Fsp3) is 0.120. The molecule has 0 atom stereocenters. The molecule has 0 fully saturated rings. The minimum absolute atomic E-state index is 0. The molecule has 3 aromatic carbocycles. The molecule has 0 amide bonds. The van der Waals surface area contributed by atoms with E-state index in [2.05, 4.69) is 103 Å². The lowest BCUT2D eigenvalue weighted by molar-refractivity contribution is -0.677. The summed E-state index contributed by atoms with van der Waals surface area (Å²) in [5, 5.41) is 0. The molecule has 0 aliphatic rings. The van der Waals surface area contributed by atoms with Gasteiger partial charge in [-0.25, -0.2) is 4.98 Å². The predicted octanol–water partition coefficient (Wildman–Crippen LogP) is 2.37. The van der Waals surface area contributed by atoms with Gasteiger partial charge in [0.05, 0.1) is 6.20 Å². The van der Waals surface area contributed by atoms with Gasteiger partial charge in [-0.2, -0.15) is 4.57 Å². The van der Waals surface area contributed by atoms with Crippen LogP contribution >= 0.6 is 0 Å². The van der Waals surface area contributed by atoms with Crippen LogP contribution in [0.2, 0.25) is 0 Å². The van der Waals surface area contributed by atoms with Gasteiger partial charge in [-0.3, -0.25) is 0 Å². The highest BCUT2D eigenvalue weighted by Gasteiger charge is 2.21. The van der Waals surface area contributed by atoms with Gasteiger partial charge >= 0.3 is 0 Å². The van der Waals surface area contributed by atoms with E-state index in [0.29, 0.717) is 0 Å².